The van der Waals surface area contributed by atoms with Crippen molar-refractivity contribution in [1.29, 1.82) is 0 Å². The molecule has 0 aromatic rings. The number of hydrogen-bond donors (Lipinski definition) is 3. The number of hydrogen-bond acceptors (Lipinski definition) is 15. The second-order valence-electron chi connectivity index (χ2n) is 28.2. The molecule has 558 valence electrons. The van der Waals surface area contributed by atoms with Crippen molar-refractivity contribution in [3.05, 3.63) is 0 Å². The molecular formula is C75H146O17P2. The van der Waals surface area contributed by atoms with Crippen LogP contribution in [0.4, 0.5) is 0 Å². The van der Waals surface area contributed by atoms with Crippen LogP contribution >= 0.6 is 15.6 Å². The summed E-state index contributed by atoms with van der Waals surface area (Å²) in [5.74, 6) is 0.252. The highest BCUT2D eigenvalue weighted by molar-refractivity contribution is 7.47. The SMILES string of the molecule is CCCCCCCCCCC(=O)OC[C@H](COP(=O)(O)OC[C@H](O)COP(=O)(O)OC[C@@H](COC(=O)CCCCCCCCCCCCCCCC(C)C)OC(=O)CCCCCCCCCCCCCCCCC(C)CC)OC(=O)CCCCCCCCCCCC(C)C. The van der Waals surface area contributed by atoms with Crippen molar-refractivity contribution in [2.75, 3.05) is 39.6 Å². The van der Waals surface area contributed by atoms with Crippen molar-refractivity contribution in [2.24, 2.45) is 17.8 Å². The molecule has 0 aliphatic heterocycles. The minimum Gasteiger partial charge on any atom is -0.462 e. The highest BCUT2D eigenvalue weighted by Crippen LogP contribution is 2.45. The van der Waals surface area contributed by atoms with E-state index in [4.69, 9.17) is 37.0 Å². The lowest BCUT2D eigenvalue weighted by Crippen LogP contribution is -2.30. The smallest absolute Gasteiger partial charge is 0.462 e. The normalized spacial score (nSPS) is 14.4. The molecule has 0 aliphatic carbocycles. The van der Waals surface area contributed by atoms with E-state index in [0.29, 0.717) is 25.7 Å². The van der Waals surface area contributed by atoms with Gasteiger partial charge in [-0.3, -0.25) is 37.3 Å². The maximum absolute atomic E-state index is 13.1. The summed E-state index contributed by atoms with van der Waals surface area (Å²) in [4.78, 5) is 72.7. The summed E-state index contributed by atoms with van der Waals surface area (Å²) in [5.41, 5.74) is 0. The molecule has 0 rings (SSSR count). The van der Waals surface area contributed by atoms with Crippen molar-refractivity contribution < 1.29 is 80.2 Å². The Bertz CT molecular complexity index is 1840. The lowest BCUT2D eigenvalue weighted by molar-refractivity contribution is -0.161. The topological polar surface area (TPSA) is 237 Å². The lowest BCUT2D eigenvalue weighted by Gasteiger charge is -2.21. The van der Waals surface area contributed by atoms with Crippen LogP contribution in [-0.4, -0.2) is 96.7 Å². The molecule has 0 saturated carbocycles. The van der Waals surface area contributed by atoms with Crippen molar-refractivity contribution >= 4 is 39.5 Å². The van der Waals surface area contributed by atoms with E-state index in [-0.39, 0.29) is 25.7 Å². The average Bonchev–Trinajstić information content (AvgIpc) is 1.34. The summed E-state index contributed by atoms with van der Waals surface area (Å²) in [6, 6.07) is 0. The van der Waals surface area contributed by atoms with Crippen LogP contribution in [0.1, 0.15) is 382 Å². The van der Waals surface area contributed by atoms with Gasteiger partial charge < -0.3 is 33.8 Å². The molecular weight excluding hydrogens is 1230 g/mol. The second kappa shape index (κ2) is 65.7. The first-order valence-corrected chi connectivity index (χ1v) is 41.9. The van der Waals surface area contributed by atoms with E-state index in [0.717, 1.165) is 114 Å². The van der Waals surface area contributed by atoms with Gasteiger partial charge in [0.2, 0.25) is 0 Å². The van der Waals surface area contributed by atoms with Crippen LogP contribution in [0.2, 0.25) is 0 Å². The van der Waals surface area contributed by atoms with Crippen molar-refractivity contribution in [3.63, 3.8) is 0 Å². The summed E-state index contributed by atoms with van der Waals surface area (Å²) < 4.78 is 68.4. The molecule has 0 saturated heterocycles. The fraction of sp³-hybridized carbons (Fsp3) is 0.947. The predicted molar refractivity (Wildman–Crippen MR) is 381 cm³/mol. The molecule has 0 aromatic carbocycles. The highest BCUT2D eigenvalue weighted by Gasteiger charge is 2.30. The van der Waals surface area contributed by atoms with Crippen LogP contribution in [-0.2, 0) is 65.4 Å². The molecule has 0 aromatic heterocycles. The van der Waals surface area contributed by atoms with Crippen LogP contribution in [0.5, 0.6) is 0 Å². The molecule has 0 fully saturated rings. The van der Waals surface area contributed by atoms with E-state index in [9.17, 15) is 43.2 Å². The third-order valence-electron chi connectivity index (χ3n) is 17.7. The monoisotopic (exact) mass is 1380 g/mol. The molecule has 0 heterocycles. The Balaban J connectivity index is 5.22. The highest BCUT2D eigenvalue weighted by atomic mass is 31.2. The first-order chi connectivity index (χ1) is 45.3. The Hall–Kier alpha value is -1.94. The molecule has 17 nitrogen and oxygen atoms in total. The number of aliphatic hydroxyl groups excluding tert-OH is 1. The zero-order chi connectivity index (χ0) is 69.4. The first kappa shape index (κ1) is 92.1. The number of ether oxygens (including phenoxy) is 4. The van der Waals surface area contributed by atoms with Gasteiger partial charge in [-0.2, -0.15) is 0 Å². The first-order valence-electron chi connectivity index (χ1n) is 38.9. The van der Waals surface area contributed by atoms with E-state index < -0.39 is 97.5 Å². The number of carbonyl (C=O) groups excluding carboxylic acids is 4. The fourth-order valence-corrected chi connectivity index (χ4v) is 13.0. The van der Waals surface area contributed by atoms with Crippen LogP contribution < -0.4 is 0 Å². The van der Waals surface area contributed by atoms with E-state index in [1.807, 2.05) is 0 Å². The molecule has 0 bridgehead atoms. The number of carbonyl (C=O) groups is 4. The zero-order valence-corrected chi connectivity index (χ0v) is 63.2. The minimum atomic E-state index is -4.96. The predicted octanol–water partition coefficient (Wildman–Crippen LogP) is 21.8. The van der Waals surface area contributed by atoms with Gasteiger partial charge in [-0.15, -0.1) is 0 Å². The van der Waals surface area contributed by atoms with Gasteiger partial charge in [0.1, 0.15) is 19.3 Å². The van der Waals surface area contributed by atoms with Crippen LogP contribution in [0.3, 0.4) is 0 Å². The largest absolute Gasteiger partial charge is 0.472 e. The summed E-state index contributed by atoms with van der Waals surface area (Å²) in [7, 11) is -9.91. The minimum absolute atomic E-state index is 0.105. The summed E-state index contributed by atoms with van der Waals surface area (Å²) >= 11 is 0. The number of phosphoric ester groups is 2. The van der Waals surface area contributed by atoms with Gasteiger partial charge in [-0.1, -0.05) is 331 Å². The maximum atomic E-state index is 13.1. The van der Waals surface area contributed by atoms with Crippen molar-refractivity contribution in [1.82, 2.24) is 0 Å². The quantitative estimate of drug-likeness (QED) is 0.0222. The van der Waals surface area contributed by atoms with E-state index in [1.54, 1.807) is 0 Å². The molecule has 6 atom stereocenters. The third-order valence-corrected chi connectivity index (χ3v) is 19.6. The van der Waals surface area contributed by atoms with Crippen molar-refractivity contribution in [3.8, 4) is 0 Å². The Morgan fingerprint density at radius 2 is 0.543 bits per heavy atom. The standard InChI is InChI=1S/C75H146O17P2/c1-8-10-11-12-13-35-42-49-56-72(77)85-62-70(92-75(80)59-52-45-38-31-25-27-33-40-47-54-67(5)6)64-89-93(81,82)87-60-69(76)61-88-94(83,84)90-65-71(63-86-73(78)57-50-43-36-29-23-20-16-17-21-26-32-39-46-53-66(3)4)91-74(79)58-51-44-37-30-24-19-15-14-18-22-28-34-41-48-55-68(7)9-2/h66-71,76H,8-65H2,1-7H3,(H,81,82)(H,83,84)/t68?,69-,70+,71+/m0/s1. The van der Waals surface area contributed by atoms with Gasteiger partial charge in [0, 0.05) is 25.7 Å². The number of aliphatic hydroxyl groups is 1. The Morgan fingerprint density at radius 1 is 0.309 bits per heavy atom. The van der Waals surface area contributed by atoms with Gasteiger partial charge >= 0.3 is 39.5 Å². The molecule has 19 heteroatoms. The average molecular weight is 1380 g/mol. The summed E-state index contributed by atoms with van der Waals surface area (Å²) in [5, 5.41) is 10.6. The van der Waals surface area contributed by atoms with Crippen molar-refractivity contribution in [2.45, 2.75) is 401 Å². The number of unbranched alkanes of at least 4 members (excludes halogenated alkanes) is 40. The molecule has 0 radical (unpaired) electrons. The molecule has 0 spiro atoms. The van der Waals surface area contributed by atoms with Crippen LogP contribution in [0.25, 0.3) is 0 Å². The van der Waals surface area contributed by atoms with Crippen LogP contribution in [0, 0.1) is 17.8 Å². The van der Waals surface area contributed by atoms with Gasteiger partial charge in [-0.25, -0.2) is 9.13 Å². The van der Waals surface area contributed by atoms with E-state index >= 15 is 0 Å². The van der Waals surface area contributed by atoms with E-state index in [1.165, 1.54) is 186 Å². The Labute approximate surface area is 575 Å². The lowest BCUT2D eigenvalue weighted by atomic mass is 9.99. The Morgan fingerprint density at radius 3 is 0.809 bits per heavy atom. The Kier molecular flexibility index (Phi) is 64.3. The fourth-order valence-electron chi connectivity index (χ4n) is 11.4. The van der Waals surface area contributed by atoms with Gasteiger partial charge in [-0.05, 0) is 43.4 Å². The third kappa shape index (κ3) is 67.3. The number of phosphoric acid groups is 2. The van der Waals surface area contributed by atoms with Gasteiger partial charge in [0.25, 0.3) is 0 Å². The van der Waals surface area contributed by atoms with E-state index in [2.05, 4.69) is 48.5 Å². The van der Waals surface area contributed by atoms with Gasteiger partial charge in [0.05, 0.1) is 26.4 Å². The van der Waals surface area contributed by atoms with Crippen LogP contribution in [0.15, 0.2) is 0 Å². The number of esters is 4. The summed E-state index contributed by atoms with van der Waals surface area (Å²) in [6.07, 6.45) is 51.3. The summed E-state index contributed by atoms with van der Waals surface area (Å²) in [6.45, 7) is 11.9. The molecule has 94 heavy (non-hydrogen) atoms. The number of rotatable bonds is 73. The molecule has 0 aliphatic rings. The molecule has 3 N–H and O–H groups in total. The van der Waals surface area contributed by atoms with Gasteiger partial charge in [0.15, 0.2) is 12.2 Å². The molecule has 0 amide bonds. The maximum Gasteiger partial charge on any atom is 0.472 e. The molecule has 3 unspecified atom stereocenters. The second-order valence-corrected chi connectivity index (χ2v) is 31.1. The zero-order valence-electron chi connectivity index (χ0n) is 61.4.